The number of amides is 2. The van der Waals surface area contributed by atoms with Crippen LogP contribution >= 0.6 is 0 Å². The Hall–Kier alpha value is -2.16. The summed E-state index contributed by atoms with van der Waals surface area (Å²) >= 11 is 0. The lowest BCUT2D eigenvalue weighted by Gasteiger charge is -2.40. The summed E-state index contributed by atoms with van der Waals surface area (Å²) in [6, 6.07) is -1.94. The van der Waals surface area contributed by atoms with E-state index in [1.807, 2.05) is 0 Å². The molecule has 5 N–H and O–H groups in total. The Balaban J connectivity index is 2.19. The van der Waals surface area contributed by atoms with Crippen molar-refractivity contribution in [3.63, 3.8) is 0 Å². The standard InChI is InChI=1S/C16H25N3O6/c17-10-4-1-2-7-16(8-3-9-19(16)13(10)22)15(25)18-11(14(23)24)5-6-12(20)21/h10-11H,1-9,17H2,(H,18,25)(H,20,21)(H,23,24)/t10-,11-,16-/m0/s1. The third-order valence-electron chi connectivity index (χ3n) is 5.10. The molecule has 9 nitrogen and oxygen atoms in total. The summed E-state index contributed by atoms with van der Waals surface area (Å²) in [4.78, 5) is 49.0. The topological polar surface area (TPSA) is 150 Å². The third-order valence-corrected chi connectivity index (χ3v) is 5.10. The zero-order valence-corrected chi connectivity index (χ0v) is 14.1. The van der Waals surface area contributed by atoms with Crippen LogP contribution in [0.3, 0.4) is 0 Å². The van der Waals surface area contributed by atoms with Gasteiger partial charge in [0.2, 0.25) is 11.8 Å². The summed E-state index contributed by atoms with van der Waals surface area (Å²) in [7, 11) is 0. The Morgan fingerprint density at radius 1 is 1.24 bits per heavy atom. The number of hydrogen-bond donors (Lipinski definition) is 4. The van der Waals surface area contributed by atoms with Gasteiger partial charge in [0, 0.05) is 13.0 Å². The summed E-state index contributed by atoms with van der Waals surface area (Å²) in [6.45, 7) is 0.423. The Morgan fingerprint density at radius 3 is 2.56 bits per heavy atom. The number of aliphatic carboxylic acids is 2. The van der Waals surface area contributed by atoms with E-state index in [4.69, 9.17) is 10.8 Å². The van der Waals surface area contributed by atoms with Crippen LogP contribution in [0.25, 0.3) is 0 Å². The Labute approximate surface area is 145 Å². The molecule has 0 spiro atoms. The molecule has 0 aromatic carbocycles. The molecule has 0 bridgehead atoms. The van der Waals surface area contributed by atoms with Gasteiger partial charge >= 0.3 is 11.9 Å². The summed E-state index contributed by atoms with van der Waals surface area (Å²) in [5.74, 6) is -3.22. The molecule has 140 valence electrons. The van der Waals surface area contributed by atoms with Gasteiger partial charge in [0.25, 0.3) is 0 Å². The number of hydrogen-bond acceptors (Lipinski definition) is 5. The average molecular weight is 355 g/mol. The van der Waals surface area contributed by atoms with Crippen LogP contribution in [0, 0.1) is 0 Å². The van der Waals surface area contributed by atoms with Gasteiger partial charge in [0.05, 0.1) is 6.04 Å². The van der Waals surface area contributed by atoms with Crippen molar-refractivity contribution in [2.75, 3.05) is 6.54 Å². The zero-order chi connectivity index (χ0) is 18.6. The second-order valence-electron chi connectivity index (χ2n) is 6.77. The summed E-state index contributed by atoms with van der Waals surface area (Å²) in [6.07, 6.45) is 3.03. The van der Waals surface area contributed by atoms with E-state index in [2.05, 4.69) is 5.32 Å². The van der Waals surface area contributed by atoms with Gasteiger partial charge in [-0.05, 0) is 32.1 Å². The van der Waals surface area contributed by atoms with Crippen LogP contribution in [0.2, 0.25) is 0 Å². The van der Waals surface area contributed by atoms with Crippen LogP contribution in [0.1, 0.15) is 51.4 Å². The van der Waals surface area contributed by atoms with Crippen LogP contribution < -0.4 is 11.1 Å². The van der Waals surface area contributed by atoms with Crippen molar-refractivity contribution in [1.82, 2.24) is 10.2 Å². The largest absolute Gasteiger partial charge is 0.481 e. The average Bonchev–Trinajstić information content (AvgIpc) is 2.97. The van der Waals surface area contributed by atoms with Gasteiger partial charge in [-0.2, -0.15) is 0 Å². The molecular formula is C16H25N3O6. The molecule has 2 rings (SSSR count). The first-order valence-corrected chi connectivity index (χ1v) is 8.60. The highest BCUT2D eigenvalue weighted by Crippen LogP contribution is 2.37. The smallest absolute Gasteiger partial charge is 0.326 e. The quantitative estimate of drug-likeness (QED) is 0.510. The van der Waals surface area contributed by atoms with Gasteiger partial charge in [-0.15, -0.1) is 0 Å². The van der Waals surface area contributed by atoms with E-state index in [9.17, 15) is 24.3 Å². The predicted octanol–water partition coefficient (Wildman–Crippen LogP) is -0.317. The number of carbonyl (C=O) groups is 4. The molecule has 2 saturated heterocycles. The number of nitrogens with two attached hydrogens (primary N) is 1. The highest BCUT2D eigenvalue weighted by molar-refractivity contribution is 5.95. The lowest BCUT2D eigenvalue weighted by atomic mass is 9.85. The molecule has 2 aliphatic rings. The minimum Gasteiger partial charge on any atom is -0.481 e. The Bertz CT molecular complexity index is 566. The first-order valence-electron chi connectivity index (χ1n) is 8.60. The molecule has 0 aromatic heterocycles. The number of rotatable bonds is 6. The molecule has 0 aliphatic carbocycles. The van der Waals surface area contributed by atoms with E-state index < -0.39 is 35.5 Å². The van der Waals surface area contributed by atoms with E-state index in [1.54, 1.807) is 0 Å². The molecule has 3 atom stereocenters. The highest BCUT2D eigenvalue weighted by Gasteiger charge is 2.51. The number of carboxylic acid groups (broad SMARTS) is 2. The zero-order valence-electron chi connectivity index (χ0n) is 14.1. The molecule has 25 heavy (non-hydrogen) atoms. The molecule has 9 heteroatoms. The minimum absolute atomic E-state index is 0.208. The minimum atomic E-state index is -1.30. The summed E-state index contributed by atoms with van der Waals surface area (Å²) in [5.41, 5.74) is 4.83. The fourth-order valence-electron chi connectivity index (χ4n) is 3.73. The van der Waals surface area contributed by atoms with Gasteiger partial charge < -0.3 is 26.2 Å². The highest BCUT2D eigenvalue weighted by atomic mass is 16.4. The lowest BCUT2D eigenvalue weighted by Crippen LogP contribution is -2.62. The second-order valence-corrected chi connectivity index (χ2v) is 6.77. The van der Waals surface area contributed by atoms with Crippen molar-refractivity contribution in [2.24, 2.45) is 5.73 Å². The van der Waals surface area contributed by atoms with Crippen molar-refractivity contribution in [2.45, 2.75) is 69.0 Å². The molecule has 0 aromatic rings. The van der Waals surface area contributed by atoms with E-state index in [0.717, 1.165) is 12.8 Å². The van der Waals surface area contributed by atoms with Gasteiger partial charge in [0.1, 0.15) is 11.6 Å². The molecule has 2 aliphatic heterocycles. The van der Waals surface area contributed by atoms with E-state index >= 15 is 0 Å². The number of carbonyl (C=O) groups excluding carboxylic acids is 2. The number of nitrogens with one attached hydrogen (secondary N) is 1. The maximum Gasteiger partial charge on any atom is 0.326 e. The van der Waals surface area contributed by atoms with Crippen LogP contribution in [0.5, 0.6) is 0 Å². The van der Waals surface area contributed by atoms with E-state index in [-0.39, 0.29) is 18.7 Å². The van der Waals surface area contributed by atoms with Crippen molar-refractivity contribution in [1.29, 1.82) is 0 Å². The summed E-state index contributed by atoms with van der Waals surface area (Å²) in [5, 5.41) is 20.4. The number of nitrogens with zero attached hydrogens (tertiary/aromatic N) is 1. The molecule has 0 unspecified atom stereocenters. The number of fused-ring (bicyclic) bond motifs is 1. The molecule has 2 heterocycles. The SMILES string of the molecule is N[C@H]1CCCC[C@@]2(C(=O)N[C@@H](CCC(=O)O)C(=O)O)CCCN2C1=O. The lowest BCUT2D eigenvalue weighted by molar-refractivity contribution is -0.150. The predicted molar refractivity (Wildman–Crippen MR) is 86.6 cm³/mol. The fraction of sp³-hybridized carbons (Fsp3) is 0.750. The first-order chi connectivity index (χ1) is 11.8. The van der Waals surface area contributed by atoms with Gasteiger partial charge in [0.15, 0.2) is 0 Å². The maximum absolute atomic E-state index is 12.9. The fourth-order valence-corrected chi connectivity index (χ4v) is 3.73. The number of carboxylic acids is 2. The monoisotopic (exact) mass is 355 g/mol. The third kappa shape index (κ3) is 4.09. The van der Waals surface area contributed by atoms with Crippen molar-refractivity contribution < 1.29 is 29.4 Å². The van der Waals surface area contributed by atoms with Crippen molar-refractivity contribution >= 4 is 23.8 Å². The first kappa shape index (κ1) is 19.2. The van der Waals surface area contributed by atoms with Crippen molar-refractivity contribution in [3.8, 4) is 0 Å². The molecular weight excluding hydrogens is 330 g/mol. The van der Waals surface area contributed by atoms with Crippen LogP contribution in [0.15, 0.2) is 0 Å². The van der Waals surface area contributed by atoms with Crippen molar-refractivity contribution in [3.05, 3.63) is 0 Å². The second kappa shape index (κ2) is 7.81. The van der Waals surface area contributed by atoms with Crippen LogP contribution in [-0.4, -0.2) is 63.0 Å². The van der Waals surface area contributed by atoms with Gasteiger partial charge in [-0.3, -0.25) is 14.4 Å². The Kier molecular flexibility index (Phi) is 5.99. The van der Waals surface area contributed by atoms with Crippen LogP contribution in [-0.2, 0) is 19.2 Å². The molecule has 0 saturated carbocycles. The molecule has 0 radical (unpaired) electrons. The van der Waals surface area contributed by atoms with Gasteiger partial charge in [-0.1, -0.05) is 12.8 Å². The molecule has 2 amide bonds. The van der Waals surface area contributed by atoms with Gasteiger partial charge in [-0.25, -0.2) is 4.79 Å². The van der Waals surface area contributed by atoms with E-state index in [0.29, 0.717) is 32.2 Å². The maximum atomic E-state index is 12.9. The molecule has 2 fully saturated rings. The summed E-state index contributed by atoms with van der Waals surface area (Å²) < 4.78 is 0. The normalized spacial score (nSPS) is 27.8. The van der Waals surface area contributed by atoms with Crippen LogP contribution in [0.4, 0.5) is 0 Å². The Morgan fingerprint density at radius 2 is 1.92 bits per heavy atom. The van der Waals surface area contributed by atoms with E-state index in [1.165, 1.54) is 4.90 Å².